The quantitative estimate of drug-likeness (QED) is 0.223. The highest BCUT2D eigenvalue weighted by Crippen LogP contribution is 2.35. The molecule has 0 unspecified atom stereocenters. The van der Waals surface area contributed by atoms with Crippen LogP contribution in [0.15, 0.2) is 54.6 Å². The Morgan fingerprint density at radius 2 is 2.00 bits per heavy atom. The lowest BCUT2D eigenvalue weighted by molar-refractivity contribution is -0.139. The van der Waals surface area contributed by atoms with Gasteiger partial charge in [-0.3, -0.25) is 19.8 Å². The maximum absolute atomic E-state index is 13.4. The molecule has 182 valence electrons. The standard InChI is InChI=1S/C25H24N2O7S/c1-4-7-16-10-15(12-20(32-3)22(16)34-14-21(28)29)11-19-23(30)26-25(35)27(24(19)31)17-8-6-9-18(13-17)33-5-2/h4,6,8-13H,1,5,7,14H2,2-3H3,(H,28,29)(H,26,30,35)/b19-11+. The Morgan fingerprint density at radius 1 is 1.23 bits per heavy atom. The number of carboxylic acid groups (broad SMARTS) is 1. The average Bonchev–Trinajstić information content (AvgIpc) is 2.81. The summed E-state index contributed by atoms with van der Waals surface area (Å²) in [6.07, 6.45) is 3.36. The van der Waals surface area contributed by atoms with Crippen LogP contribution in [0, 0.1) is 0 Å². The highest BCUT2D eigenvalue weighted by molar-refractivity contribution is 7.80. The minimum Gasteiger partial charge on any atom is -0.494 e. The summed E-state index contributed by atoms with van der Waals surface area (Å²) in [4.78, 5) is 38.3. The number of nitrogens with one attached hydrogen (secondary N) is 1. The molecule has 35 heavy (non-hydrogen) atoms. The molecule has 0 saturated carbocycles. The zero-order valence-corrected chi connectivity index (χ0v) is 20.0. The van der Waals surface area contributed by atoms with Gasteiger partial charge in [-0.25, -0.2) is 4.79 Å². The van der Waals surface area contributed by atoms with Gasteiger partial charge in [-0.15, -0.1) is 6.58 Å². The number of aliphatic carboxylic acids is 1. The van der Waals surface area contributed by atoms with Crippen LogP contribution in [-0.4, -0.2) is 48.3 Å². The molecule has 2 N–H and O–H groups in total. The van der Waals surface area contributed by atoms with Crippen LogP contribution in [-0.2, 0) is 20.8 Å². The normalized spacial score (nSPS) is 14.5. The fourth-order valence-corrected chi connectivity index (χ4v) is 3.74. The smallest absolute Gasteiger partial charge is 0.341 e. The second kappa shape index (κ2) is 11.3. The third-order valence-electron chi connectivity index (χ3n) is 4.88. The van der Waals surface area contributed by atoms with Gasteiger partial charge in [-0.2, -0.15) is 0 Å². The maximum atomic E-state index is 13.4. The third-order valence-corrected chi connectivity index (χ3v) is 5.16. The molecule has 0 spiro atoms. The zero-order valence-electron chi connectivity index (χ0n) is 19.2. The lowest BCUT2D eigenvalue weighted by atomic mass is 10.0. The number of nitrogens with zero attached hydrogens (tertiary/aromatic N) is 1. The van der Waals surface area contributed by atoms with Crippen molar-refractivity contribution in [2.45, 2.75) is 13.3 Å². The first-order valence-electron chi connectivity index (χ1n) is 10.6. The Morgan fingerprint density at radius 3 is 2.66 bits per heavy atom. The molecule has 9 nitrogen and oxygen atoms in total. The number of ether oxygens (including phenoxy) is 3. The Bertz CT molecular complexity index is 1220. The summed E-state index contributed by atoms with van der Waals surface area (Å²) in [6, 6.07) is 10.0. The van der Waals surface area contributed by atoms with Crippen molar-refractivity contribution in [2.75, 3.05) is 25.2 Å². The molecule has 0 atom stereocenters. The largest absolute Gasteiger partial charge is 0.494 e. The van der Waals surface area contributed by atoms with Gasteiger partial charge in [0.2, 0.25) is 0 Å². The number of carbonyl (C=O) groups is 3. The van der Waals surface area contributed by atoms with Crippen molar-refractivity contribution in [3.63, 3.8) is 0 Å². The first-order chi connectivity index (χ1) is 16.8. The molecular weight excluding hydrogens is 472 g/mol. The number of anilines is 1. The second-order valence-electron chi connectivity index (χ2n) is 7.27. The van der Waals surface area contributed by atoms with Crippen molar-refractivity contribution < 1.29 is 33.7 Å². The number of methoxy groups -OCH3 is 1. The van der Waals surface area contributed by atoms with E-state index in [0.29, 0.717) is 35.6 Å². The van der Waals surface area contributed by atoms with E-state index in [1.54, 1.807) is 42.5 Å². The van der Waals surface area contributed by atoms with Gasteiger partial charge in [0.25, 0.3) is 11.8 Å². The summed E-state index contributed by atoms with van der Waals surface area (Å²) in [7, 11) is 1.40. The van der Waals surface area contributed by atoms with E-state index in [9.17, 15) is 14.4 Å². The molecule has 2 aromatic carbocycles. The van der Waals surface area contributed by atoms with Crippen LogP contribution in [0.25, 0.3) is 6.08 Å². The Hall–Kier alpha value is -4.18. The first-order valence-corrected chi connectivity index (χ1v) is 11.0. The van der Waals surface area contributed by atoms with E-state index in [4.69, 9.17) is 31.5 Å². The number of carboxylic acids is 1. The lowest BCUT2D eigenvalue weighted by Crippen LogP contribution is -2.54. The van der Waals surface area contributed by atoms with Gasteiger partial charge in [0.1, 0.15) is 11.3 Å². The summed E-state index contributed by atoms with van der Waals surface area (Å²) >= 11 is 5.26. The lowest BCUT2D eigenvalue weighted by Gasteiger charge is -2.29. The highest BCUT2D eigenvalue weighted by Gasteiger charge is 2.34. The highest BCUT2D eigenvalue weighted by atomic mass is 32.1. The molecule has 3 rings (SSSR count). The summed E-state index contributed by atoms with van der Waals surface area (Å²) in [6.45, 7) is 5.45. The molecule has 10 heteroatoms. The fourth-order valence-electron chi connectivity index (χ4n) is 3.46. The van der Waals surface area contributed by atoms with Crippen LogP contribution in [0.2, 0.25) is 0 Å². The number of hydrogen-bond donors (Lipinski definition) is 2. The van der Waals surface area contributed by atoms with Crippen LogP contribution < -0.4 is 24.4 Å². The minimum absolute atomic E-state index is 0.0480. The van der Waals surface area contributed by atoms with E-state index < -0.39 is 24.4 Å². The SMILES string of the molecule is C=CCc1cc(/C=C2\C(=O)NC(=S)N(c3cccc(OCC)c3)C2=O)cc(OC)c1OCC(=O)O. The van der Waals surface area contributed by atoms with Crippen molar-refractivity contribution in [2.24, 2.45) is 0 Å². The molecule has 1 heterocycles. The molecular formula is C25H24N2O7S. The van der Waals surface area contributed by atoms with Gasteiger partial charge in [-0.05, 0) is 61.5 Å². The molecule has 1 aliphatic heterocycles. The van der Waals surface area contributed by atoms with Crippen LogP contribution in [0.5, 0.6) is 17.2 Å². The summed E-state index contributed by atoms with van der Waals surface area (Å²) in [5.41, 5.74) is 1.34. The molecule has 0 aliphatic carbocycles. The van der Waals surface area contributed by atoms with E-state index >= 15 is 0 Å². The molecule has 2 aromatic rings. The minimum atomic E-state index is -1.14. The number of rotatable bonds is 10. The number of amides is 2. The van der Waals surface area contributed by atoms with Gasteiger partial charge < -0.3 is 19.3 Å². The van der Waals surface area contributed by atoms with E-state index in [1.807, 2.05) is 6.92 Å². The van der Waals surface area contributed by atoms with Crippen LogP contribution in [0.4, 0.5) is 5.69 Å². The number of benzene rings is 2. The molecule has 1 fully saturated rings. The van der Waals surface area contributed by atoms with Crippen LogP contribution >= 0.6 is 12.2 Å². The van der Waals surface area contributed by atoms with Gasteiger partial charge in [0.15, 0.2) is 23.2 Å². The summed E-state index contributed by atoms with van der Waals surface area (Å²) in [5, 5.41) is 11.5. The van der Waals surface area contributed by atoms with Crippen molar-refractivity contribution in [3.05, 3.63) is 65.8 Å². The fraction of sp³-hybridized carbons (Fsp3) is 0.200. The molecule has 2 amide bonds. The van der Waals surface area contributed by atoms with Crippen molar-refractivity contribution in [1.29, 1.82) is 0 Å². The predicted molar refractivity (Wildman–Crippen MR) is 134 cm³/mol. The second-order valence-corrected chi connectivity index (χ2v) is 7.66. The molecule has 1 saturated heterocycles. The number of carbonyl (C=O) groups excluding carboxylic acids is 2. The predicted octanol–water partition coefficient (Wildman–Crippen LogP) is 3.12. The molecule has 1 aliphatic rings. The molecule has 0 bridgehead atoms. The number of thiocarbonyl (C=S) groups is 1. The van der Waals surface area contributed by atoms with Crippen molar-refractivity contribution >= 4 is 46.9 Å². The van der Waals surface area contributed by atoms with Gasteiger partial charge in [-0.1, -0.05) is 12.1 Å². The van der Waals surface area contributed by atoms with Crippen molar-refractivity contribution in [1.82, 2.24) is 5.32 Å². The van der Waals surface area contributed by atoms with Crippen LogP contribution in [0.1, 0.15) is 18.1 Å². The van der Waals surface area contributed by atoms with Crippen LogP contribution in [0.3, 0.4) is 0 Å². The maximum Gasteiger partial charge on any atom is 0.341 e. The number of allylic oxidation sites excluding steroid dienone is 1. The van der Waals surface area contributed by atoms with E-state index in [2.05, 4.69) is 11.9 Å². The Labute approximate surface area is 207 Å². The number of hydrogen-bond acceptors (Lipinski definition) is 7. The Kier molecular flexibility index (Phi) is 8.21. The van der Waals surface area contributed by atoms with E-state index in [0.717, 1.165) is 0 Å². The summed E-state index contributed by atoms with van der Waals surface area (Å²) in [5.74, 6) is -1.35. The topological polar surface area (TPSA) is 114 Å². The zero-order chi connectivity index (χ0) is 25.5. The van der Waals surface area contributed by atoms with Gasteiger partial charge >= 0.3 is 5.97 Å². The Balaban J connectivity index is 2.04. The first kappa shape index (κ1) is 25.4. The monoisotopic (exact) mass is 496 g/mol. The average molecular weight is 497 g/mol. The molecule has 0 radical (unpaired) electrons. The van der Waals surface area contributed by atoms with E-state index in [1.165, 1.54) is 18.1 Å². The third kappa shape index (κ3) is 5.85. The van der Waals surface area contributed by atoms with E-state index in [-0.39, 0.29) is 22.2 Å². The summed E-state index contributed by atoms with van der Waals surface area (Å²) < 4.78 is 16.3. The van der Waals surface area contributed by atoms with Crippen molar-refractivity contribution in [3.8, 4) is 17.2 Å². The van der Waals surface area contributed by atoms with Gasteiger partial charge in [0, 0.05) is 11.6 Å². The molecule has 0 aromatic heterocycles. The van der Waals surface area contributed by atoms with Gasteiger partial charge in [0.05, 0.1) is 19.4 Å².